The van der Waals surface area contributed by atoms with Crippen molar-refractivity contribution >= 4 is 22.2 Å². The van der Waals surface area contributed by atoms with Gasteiger partial charge in [0.15, 0.2) is 0 Å². The molecular weight excluding hydrogens is 188 g/mol. The maximum atomic E-state index is 10.7. The molecule has 0 spiro atoms. The van der Waals surface area contributed by atoms with Crippen LogP contribution in [0.25, 0.3) is 0 Å². The molecule has 5 heteroatoms. The van der Waals surface area contributed by atoms with Crippen LogP contribution in [-0.2, 0) is 19.1 Å². The van der Waals surface area contributed by atoms with E-state index in [-0.39, 0.29) is 0 Å². The van der Waals surface area contributed by atoms with Crippen LogP contribution >= 0.6 is 0 Å². The molecule has 0 radical (unpaired) electrons. The van der Waals surface area contributed by atoms with Crippen molar-refractivity contribution in [1.29, 1.82) is 0 Å². The lowest BCUT2D eigenvalue weighted by Gasteiger charge is -2.27. The van der Waals surface area contributed by atoms with Crippen LogP contribution in [0.2, 0.25) is 0 Å². The minimum absolute atomic E-state index is 0.332. The van der Waals surface area contributed by atoms with Crippen molar-refractivity contribution in [3.8, 4) is 0 Å². The Morgan fingerprint density at radius 3 is 2.00 bits per heavy atom. The summed E-state index contributed by atoms with van der Waals surface area (Å²) in [5.41, 5.74) is -1.08. The Hall–Kier alpha value is -1.10. The fourth-order valence-corrected chi connectivity index (χ4v) is 1.84. The zero-order valence-corrected chi connectivity index (χ0v) is 10.1. The molecule has 0 bridgehead atoms. The Morgan fingerprint density at radius 2 is 1.77 bits per heavy atom. The second-order valence-electron chi connectivity index (χ2n) is 2.81. The summed E-state index contributed by atoms with van der Waals surface area (Å²) in [6, 6.07) is 0. The number of hydrogen-bond donors (Lipinski definition) is 0. The molecule has 0 aromatic heterocycles. The molecule has 0 unspecified atom stereocenters. The summed E-state index contributed by atoms with van der Waals surface area (Å²) in [5.74, 6) is -0.920. The molecule has 4 nitrogen and oxygen atoms in total. The van der Waals surface area contributed by atoms with Gasteiger partial charge in [-0.2, -0.15) is 0 Å². The third-order valence-corrected chi connectivity index (χ3v) is 2.05. The van der Waals surface area contributed by atoms with E-state index < -0.39 is 17.3 Å². The van der Waals surface area contributed by atoms with Gasteiger partial charge >= 0.3 is 11.9 Å². The van der Waals surface area contributed by atoms with Crippen molar-refractivity contribution in [3.05, 3.63) is 12.7 Å². The van der Waals surface area contributed by atoms with Crippen LogP contribution in [0.4, 0.5) is 0 Å². The molecule has 0 aliphatic rings. The second-order valence-corrected chi connectivity index (χ2v) is 4.34. The van der Waals surface area contributed by atoms with Gasteiger partial charge in [-0.3, -0.25) is 9.59 Å². The molecule has 0 N–H and O–H groups in total. The van der Waals surface area contributed by atoms with Gasteiger partial charge < -0.3 is 9.47 Å². The standard InChI is InChI=1S/C8H14O4Si/c1-4-5-8(13,11-6(2)9)12-7(3)10/h4H,1,5H2,2-3,13H3. The van der Waals surface area contributed by atoms with Gasteiger partial charge in [-0.05, 0) is 0 Å². The van der Waals surface area contributed by atoms with Crippen molar-refractivity contribution < 1.29 is 19.1 Å². The van der Waals surface area contributed by atoms with E-state index >= 15 is 0 Å². The third kappa shape index (κ3) is 5.19. The Balaban J connectivity index is 4.40. The van der Waals surface area contributed by atoms with E-state index in [9.17, 15) is 9.59 Å². The molecule has 74 valence electrons. The lowest BCUT2D eigenvalue weighted by Crippen LogP contribution is -2.39. The summed E-state index contributed by atoms with van der Waals surface area (Å²) < 4.78 is 9.80. The van der Waals surface area contributed by atoms with E-state index in [1.807, 2.05) is 0 Å². The zero-order valence-electron chi connectivity index (χ0n) is 8.12. The maximum absolute atomic E-state index is 10.7. The highest BCUT2D eigenvalue weighted by molar-refractivity contribution is 6.14. The number of carbonyl (C=O) groups is 2. The van der Waals surface area contributed by atoms with E-state index in [2.05, 4.69) is 6.58 Å². The number of rotatable bonds is 4. The van der Waals surface area contributed by atoms with E-state index in [1.54, 1.807) is 6.08 Å². The van der Waals surface area contributed by atoms with Crippen LogP contribution in [0.3, 0.4) is 0 Å². The molecule has 0 aliphatic heterocycles. The second kappa shape index (κ2) is 4.81. The first-order valence-electron chi connectivity index (χ1n) is 3.89. The van der Waals surface area contributed by atoms with Crippen LogP contribution in [0, 0.1) is 0 Å². The lowest BCUT2D eigenvalue weighted by atomic mass is 10.4. The first kappa shape index (κ1) is 11.9. The average molecular weight is 202 g/mol. The van der Waals surface area contributed by atoms with E-state index in [4.69, 9.17) is 9.47 Å². The number of hydrogen-bond acceptors (Lipinski definition) is 4. The Morgan fingerprint density at radius 1 is 1.38 bits per heavy atom. The summed E-state index contributed by atoms with van der Waals surface area (Å²) in [6.45, 7) is 6.05. The predicted molar refractivity (Wildman–Crippen MR) is 51.0 cm³/mol. The fourth-order valence-electron chi connectivity index (χ4n) is 0.974. The number of esters is 2. The highest BCUT2D eigenvalue weighted by atomic mass is 28.1. The molecule has 0 rings (SSSR count). The molecule has 0 aromatic carbocycles. The summed E-state index contributed by atoms with van der Waals surface area (Å²) >= 11 is 0. The molecule has 0 atom stereocenters. The SMILES string of the molecule is C=CCC([SiH3])(OC(C)=O)OC(C)=O. The molecule has 0 heterocycles. The molecule has 13 heavy (non-hydrogen) atoms. The molecule has 0 saturated heterocycles. The molecular formula is C8H14O4Si. The van der Waals surface area contributed by atoms with E-state index in [0.29, 0.717) is 16.7 Å². The first-order chi connectivity index (χ1) is 5.89. The van der Waals surface area contributed by atoms with Gasteiger partial charge in [-0.1, -0.05) is 6.08 Å². The monoisotopic (exact) mass is 202 g/mol. The molecule has 0 aromatic rings. The lowest BCUT2D eigenvalue weighted by molar-refractivity contribution is -0.196. The summed E-state index contributed by atoms with van der Waals surface area (Å²) in [5, 5.41) is 0. The minimum Gasteiger partial charge on any atom is -0.428 e. The summed E-state index contributed by atoms with van der Waals surface area (Å²) in [4.78, 5) is 21.4. The van der Waals surface area contributed by atoms with Crippen molar-refractivity contribution in [2.45, 2.75) is 25.7 Å². The fraction of sp³-hybridized carbons (Fsp3) is 0.500. The predicted octanol–water partition coefficient (Wildman–Crippen LogP) is -0.292. The molecule has 0 amide bonds. The van der Waals surface area contributed by atoms with Gasteiger partial charge in [0.2, 0.25) is 5.41 Å². The molecule has 0 aliphatic carbocycles. The zero-order chi connectivity index (χ0) is 10.5. The quantitative estimate of drug-likeness (QED) is 0.272. The van der Waals surface area contributed by atoms with Crippen LogP contribution in [-0.4, -0.2) is 27.6 Å². The highest BCUT2D eigenvalue weighted by Gasteiger charge is 2.28. The smallest absolute Gasteiger partial charge is 0.305 e. The first-order valence-corrected chi connectivity index (χ1v) is 4.89. The Kier molecular flexibility index (Phi) is 4.40. The van der Waals surface area contributed by atoms with Gasteiger partial charge in [-0.25, -0.2) is 0 Å². The van der Waals surface area contributed by atoms with Crippen molar-refractivity contribution in [2.24, 2.45) is 0 Å². The van der Waals surface area contributed by atoms with E-state index in [0.717, 1.165) is 0 Å². The Labute approximate surface area is 80.3 Å². The van der Waals surface area contributed by atoms with Gasteiger partial charge in [-0.15, -0.1) is 6.58 Å². The maximum Gasteiger partial charge on any atom is 0.305 e. The minimum atomic E-state index is -1.08. The summed E-state index contributed by atoms with van der Waals surface area (Å²) in [7, 11) is 0.416. The molecule has 0 fully saturated rings. The van der Waals surface area contributed by atoms with Crippen molar-refractivity contribution in [1.82, 2.24) is 0 Å². The normalized spacial score (nSPS) is 10.6. The van der Waals surface area contributed by atoms with Crippen LogP contribution in [0.1, 0.15) is 20.3 Å². The molecule has 0 saturated carbocycles. The van der Waals surface area contributed by atoms with Gasteiger partial charge in [0.1, 0.15) is 10.2 Å². The van der Waals surface area contributed by atoms with Gasteiger partial charge in [0.05, 0.1) is 0 Å². The van der Waals surface area contributed by atoms with Crippen molar-refractivity contribution in [2.75, 3.05) is 0 Å². The average Bonchev–Trinajstić information content (AvgIpc) is 1.81. The number of carbonyl (C=O) groups excluding carboxylic acids is 2. The van der Waals surface area contributed by atoms with Crippen molar-refractivity contribution in [3.63, 3.8) is 0 Å². The number of ether oxygens (including phenoxy) is 2. The van der Waals surface area contributed by atoms with Crippen LogP contribution in [0.5, 0.6) is 0 Å². The summed E-state index contributed by atoms with van der Waals surface area (Å²) in [6.07, 6.45) is 1.89. The Bertz CT molecular complexity index is 208. The topological polar surface area (TPSA) is 52.6 Å². The van der Waals surface area contributed by atoms with E-state index in [1.165, 1.54) is 13.8 Å². The third-order valence-electron chi connectivity index (χ3n) is 1.23. The highest BCUT2D eigenvalue weighted by Crippen LogP contribution is 2.14. The largest absolute Gasteiger partial charge is 0.428 e. The van der Waals surface area contributed by atoms with Gasteiger partial charge in [0, 0.05) is 20.3 Å². The van der Waals surface area contributed by atoms with Crippen LogP contribution < -0.4 is 0 Å². The van der Waals surface area contributed by atoms with Gasteiger partial charge in [0.25, 0.3) is 0 Å². The van der Waals surface area contributed by atoms with Crippen LogP contribution in [0.15, 0.2) is 12.7 Å².